The first-order valence-electron chi connectivity index (χ1n) is 8.83. The van der Waals surface area contributed by atoms with Crippen molar-refractivity contribution in [3.8, 4) is 0 Å². The molecule has 130 valence electrons. The Bertz CT molecular complexity index is 836. The van der Waals surface area contributed by atoms with Crippen molar-refractivity contribution in [3.05, 3.63) is 60.3 Å². The van der Waals surface area contributed by atoms with Crippen LogP contribution in [0, 0.1) is 0 Å². The van der Waals surface area contributed by atoms with E-state index in [1.165, 1.54) is 18.5 Å². The molecule has 2 aromatic carbocycles. The molecule has 0 bridgehead atoms. The van der Waals surface area contributed by atoms with Crippen LogP contribution in [0.15, 0.2) is 54.7 Å². The molecule has 0 unspecified atom stereocenters. The molecule has 0 radical (unpaired) electrons. The molecular weight excluding hydrogens is 310 g/mol. The van der Waals surface area contributed by atoms with Crippen LogP contribution >= 0.6 is 0 Å². The SMILES string of the molecule is CCCCN(C)c1ccc(NC(=O)Cc2c[nH]c3ccccc23)cc1. The van der Waals surface area contributed by atoms with E-state index in [-0.39, 0.29) is 5.91 Å². The maximum absolute atomic E-state index is 12.3. The van der Waals surface area contributed by atoms with Gasteiger partial charge in [0.05, 0.1) is 6.42 Å². The minimum Gasteiger partial charge on any atom is -0.375 e. The molecule has 3 rings (SSSR count). The average Bonchev–Trinajstić information content (AvgIpc) is 3.03. The third-order valence-corrected chi connectivity index (χ3v) is 4.46. The summed E-state index contributed by atoms with van der Waals surface area (Å²) in [7, 11) is 2.10. The summed E-state index contributed by atoms with van der Waals surface area (Å²) in [6, 6.07) is 16.1. The van der Waals surface area contributed by atoms with Crippen LogP contribution in [0.2, 0.25) is 0 Å². The van der Waals surface area contributed by atoms with Crippen LogP contribution in [0.3, 0.4) is 0 Å². The summed E-state index contributed by atoms with van der Waals surface area (Å²) in [4.78, 5) is 17.8. The van der Waals surface area contributed by atoms with Crippen molar-refractivity contribution in [2.24, 2.45) is 0 Å². The fourth-order valence-electron chi connectivity index (χ4n) is 2.98. The lowest BCUT2D eigenvalue weighted by Crippen LogP contribution is -2.18. The Balaban J connectivity index is 1.61. The lowest BCUT2D eigenvalue weighted by atomic mass is 10.1. The molecule has 3 aromatic rings. The van der Waals surface area contributed by atoms with Crippen LogP contribution in [0.4, 0.5) is 11.4 Å². The predicted octanol–water partition coefficient (Wildman–Crippen LogP) is 4.59. The number of fused-ring (bicyclic) bond motifs is 1. The number of amides is 1. The van der Waals surface area contributed by atoms with Gasteiger partial charge >= 0.3 is 0 Å². The second-order valence-corrected chi connectivity index (χ2v) is 6.41. The van der Waals surface area contributed by atoms with E-state index in [2.05, 4.69) is 41.3 Å². The number of anilines is 2. The van der Waals surface area contributed by atoms with Gasteiger partial charge in [0.1, 0.15) is 0 Å². The van der Waals surface area contributed by atoms with Gasteiger partial charge in [-0.3, -0.25) is 4.79 Å². The third-order valence-electron chi connectivity index (χ3n) is 4.46. The highest BCUT2D eigenvalue weighted by atomic mass is 16.1. The number of hydrogen-bond acceptors (Lipinski definition) is 2. The smallest absolute Gasteiger partial charge is 0.228 e. The number of benzene rings is 2. The number of aromatic amines is 1. The van der Waals surface area contributed by atoms with Gasteiger partial charge in [-0.25, -0.2) is 0 Å². The number of aromatic nitrogens is 1. The van der Waals surface area contributed by atoms with Gasteiger partial charge in [-0.15, -0.1) is 0 Å². The van der Waals surface area contributed by atoms with E-state index in [9.17, 15) is 4.79 Å². The van der Waals surface area contributed by atoms with Crippen LogP contribution in [0.25, 0.3) is 10.9 Å². The number of unbranched alkanes of at least 4 members (excludes halogenated alkanes) is 1. The molecule has 4 nitrogen and oxygen atoms in total. The maximum atomic E-state index is 12.3. The van der Waals surface area contributed by atoms with Crippen molar-refractivity contribution in [2.75, 3.05) is 23.8 Å². The third kappa shape index (κ3) is 4.21. The standard InChI is InChI=1S/C21H25N3O/c1-3-4-13-24(2)18-11-9-17(10-12-18)23-21(25)14-16-15-22-20-8-6-5-7-19(16)20/h5-12,15,22H,3-4,13-14H2,1-2H3,(H,23,25). The first kappa shape index (κ1) is 17.1. The van der Waals surface area contributed by atoms with Crippen LogP contribution in [0.1, 0.15) is 25.3 Å². The maximum Gasteiger partial charge on any atom is 0.228 e. The van der Waals surface area contributed by atoms with E-state index in [0.717, 1.165) is 28.7 Å². The molecular formula is C21H25N3O. The summed E-state index contributed by atoms with van der Waals surface area (Å²) in [6.45, 7) is 3.24. The fourth-order valence-corrected chi connectivity index (χ4v) is 2.98. The van der Waals surface area contributed by atoms with Crippen LogP contribution in [-0.4, -0.2) is 24.5 Å². The van der Waals surface area contributed by atoms with E-state index < -0.39 is 0 Å². The van der Waals surface area contributed by atoms with Crippen molar-refractivity contribution in [2.45, 2.75) is 26.2 Å². The van der Waals surface area contributed by atoms with Gasteiger partial charge in [0, 0.05) is 42.1 Å². The van der Waals surface area contributed by atoms with Crippen LogP contribution in [0.5, 0.6) is 0 Å². The van der Waals surface area contributed by atoms with Crippen molar-refractivity contribution >= 4 is 28.2 Å². The predicted molar refractivity (Wildman–Crippen MR) is 105 cm³/mol. The zero-order valence-electron chi connectivity index (χ0n) is 14.9. The summed E-state index contributed by atoms with van der Waals surface area (Å²) in [5.74, 6) is -0.00293. The molecule has 0 aliphatic heterocycles. The molecule has 0 saturated carbocycles. The highest BCUT2D eigenvalue weighted by Gasteiger charge is 2.09. The molecule has 0 fully saturated rings. The molecule has 0 aliphatic rings. The van der Waals surface area contributed by atoms with Crippen molar-refractivity contribution in [3.63, 3.8) is 0 Å². The van der Waals surface area contributed by atoms with E-state index in [1.54, 1.807) is 0 Å². The number of rotatable bonds is 7. The molecule has 1 aromatic heterocycles. The van der Waals surface area contributed by atoms with Gasteiger partial charge in [0.2, 0.25) is 5.91 Å². The molecule has 0 atom stereocenters. The van der Waals surface area contributed by atoms with E-state index in [1.807, 2.05) is 42.6 Å². The summed E-state index contributed by atoms with van der Waals surface area (Å²) in [5.41, 5.74) is 4.08. The number of nitrogens with zero attached hydrogens (tertiary/aromatic N) is 1. The van der Waals surface area contributed by atoms with Crippen molar-refractivity contribution in [1.82, 2.24) is 4.98 Å². The van der Waals surface area contributed by atoms with Crippen LogP contribution < -0.4 is 10.2 Å². The summed E-state index contributed by atoms with van der Waals surface area (Å²) < 4.78 is 0. The largest absolute Gasteiger partial charge is 0.375 e. The summed E-state index contributed by atoms with van der Waals surface area (Å²) >= 11 is 0. The van der Waals surface area contributed by atoms with E-state index >= 15 is 0 Å². The van der Waals surface area contributed by atoms with Crippen molar-refractivity contribution < 1.29 is 4.79 Å². The Kier molecular flexibility index (Phi) is 5.39. The number of carbonyl (C=O) groups is 1. The lowest BCUT2D eigenvalue weighted by Gasteiger charge is -2.19. The van der Waals surface area contributed by atoms with Gasteiger partial charge in [-0.1, -0.05) is 31.5 Å². The van der Waals surface area contributed by atoms with E-state index in [4.69, 9.17) is 0 Å². The Morgan fingerprint density at radius 3 is 2.64 bits per heavy atom. The molecule has 0 spiro atoms. The van der Waals surface area contributed by atoms with Crippen LogP contribution in [-0.2, 0) is 11.2 Å². The molecule has 1 heterocycles. The number of H-pyrrole nitrogens is 1. The molecule has 0 saturated heterocycles. The monoisotopic (exact) mass is 335 g/mol. The van der Waals surface area contributed by atoms with Gasteiger partial charge < -0.3 is 15.2 Å². The number of para-hydroxylation sites is 1. The van der Waals surface area contributed by atoms with Gasteiger partial charge in [0.25, 0.3) is 0 Å². The molecule has 0 aliphatic carbocycles. The molecule has 2 N–H and O–H groups in total. The first-order valence-corrected chi connectivity index (χ1v) is 8.83. The first-order chi connectivity index (χ1) is 12.2. The number of carbonyl (C=O) groups excluding carboxylic acids is 1. The zero-order chi connectivity index (χ0) is 17.6. The quantitative estimate of drug-likeness (QED) is 0.663. The summed E-state index contributed by atoms with van der Waals surface area (Å²) in [5, 5.41) is 4.09. The molecule has 25 heavy (non-hydrogen) atoms. The fraction of sp³-hybridized carbons (Fsp3) is 0.286. The normalized spacial score (nSPS) is 10.8. The number of hydrogen-bond donors (Lipinski definition) is 2. The number of nitrogens with one attached hydrogen (secondary N) is 2. The lowest BCUT2D eigenvalue weighted by molar-refractivity contribution is -0.115. The second-order valence-electron chi connectivity index (χ2n) is 6.41. The van der Waals surface area contributed by atoms with Crippen molar-refractivity contribution in [1.29, 1.82) is 0 Å². The highest BCUT2D eigenvalue weighted by molar-refractivity contribution is 5.95. The average molecular weight is 335 g/mol. The topological polar surface area (TPSA) is 48.1 Å². The minimum absolute atomic E-state index is 0.00293. The van der Waals surface area contributed by atoms with E-state index in [0.29, 0.717) is 6.42 Å². The van der Waals surface area contributed by atoms with Gasteiger partial charge in [-0.05, 0) is 42.3 Å². The van der Waals surface area contributed by atoms with Gasteiger partial charge in [0.15, 0.2) is 0 Å². The zero-order valence-corrected chi connectivity index (χ0v) is 14.9. The molecule has 4 heteroatoms. The molecule has 1 amide bonds. The Morgan fingerprint density at radius 1 is 1.12 bits per heavy atom. The Labute approximate surface area is 148 Å². The highest BCUT2D eigenvalue weighted by Crippen LogP contribution is 2.20. The summed E-state index contributed by atoms with van der Waals surface area (Å²) in [6.07, 6.45) is 4.64. The Morgan fingerprint density at radius 2 is 1.88 bits per heavy atom. The minimum atomic E-state index is -0.00293. The Hall–Kier alpha value is -2.75. The van der Waals surface area contributed by atoms with Gasteiger partial charge in [-0.2, -0.15) is 0 Å². The second kappa shape index (κ2) is 7.88.